The molecule has 0 aliphatic carbocycles. The van der Waals surface area contributed by atoms with E-state index in [-0.39, 0.29) is 5.78 Å². The number of Topliss-reactive ketones (excluding diaryl/α,β-unsaturated/α-hetero) is 1. The first-order chi connectivity index (χ1) is 5.79. The molecule has 2 nitrogen and oxygen atoms in total. The zero-order valence-corrected chi connectivity index (χ0v) is 8.02. The smallest absolute Gasteiger partial charge is 0.167 e. The lowest BCUT2D eigenvalue weighted by Crippen LogP contribution is -2.18. The number of rotatable bonds is 0. The summed E-state index contributed by atoms with van der Waals surface area (Å²) < 4.78 is 0.886. The van der Waals surface area contributed by atoms with Crippen LogP contribution in [0.15, 0.2) is 22.7 Å². The lowest BCUT2D eigenvalue weighted by Gasteiger charge is -2.17. The second-order valence-electron chi connectivity index (χ2n) is 2.76. The summed E-state index contributed by atoms with van der Waals surface area (Å²) in [5.74, 6) is 0.219. The van der Waals surface area contributed by atoms with Crippen molar-refractivity contribution >= 4 is 27.4 Å². The van der Waals surface area contributed by atoms with Gasteiger partial charge in [-0.05, 0) is 28.1 Å². The lowest BCUT2D eigenvalue weighted by molar-refractivity contribution is 0.0983. The van der Waals surface area contributed by atoms with Crippen LogP contribution >= 0.6 is 15.9 Å². The quantitative estimate of drug-likeness (QED) is 0.736. The van der Waals surface area contributed by atoms with Gasteiger partial charge in [0.15, 0.2) is 5.78 Å². The number of halogens is 1. The topological polar surface area (TPSA) is 29.1 Å². The molecule has 62 valence electrons. The van der Waals surface area contributed by atoms with Crippen LogP contribution in [0.2, 0.25) is 0 Å². The van der Waals surface area contributed by atoms with Crippen LogP contribution in [0.25, 0.3) is 0 Å². The molecule has 1 heterocycles. The van der Waals surface area contributed by atoms with Crippen molar-refractivity contribution in [2.45, 2.75) is 6.42 Å². The zero-order valence-electron chi connectivity index (χ0n) is 6.43. The van der Waals surface area contributed by atoms with Crippen molar-refractivity contribution in [3.8, 4) is 0 Å². The van der Waals surface area contributed by atoms with Gasteiger partial charge in [0.05, 0.1) is 5.56 Å². The van der Waals surface area contributed by atoms with E-state index in [1.807, 2.05) is 18.2 Å². The Bertz CT molecular complexity index is 335. The van der Waals surface area contributed by atoms with Crippen LogP contribution in [0.3, 0.4) is 0 Å². The number of fused-ring (bicyclic) bond motifs is 1. The molecule has 3 heteroatoms. The van der Waals surface area contributed by atoms with Gasteiger partial charge in [0.2, 0.25) is 0 Å². The predicted octanol–water partition coefficient (Wildman–Crippen LogP) is 2.45. The number of nitrogens with one attached hydrogen (secondary N) is 1. The van der Waals surface area contributed by atoms with Crippen LogP contribution in [-0.4, -0.2) is 12.3 Å². The Morgan fingerprint density at radius 2 is 2.25 bits per heavy atom. The largest absolute Gasteiger partial charge is 0.384 e. The molecule has 0 radical (unpaired) electrons. The Balaban J connectivity index is 2.60. The zero-order chi connectivity index (χ0) is 8.55. The summed E-state index contributed by atoms with van der Waals surface area (Å²) in [6.45, 7) is 0.752. The van der Waals surface area contributed by atoms with Gasteiger partial charge >= 0.3 is 0 Å². The van der Waals surface area contributed by atoms with Crippen molar-refractivity contribution in [1.29, 1.82) is 0 Å². The maximum atomic E-state index is 11.4. The molecule has 0 aromatic heterocycles. The minimum atomic E-state index is 0.219. The second kappa shape index (κ2) is 2.90. The van der Waals surface area contributed by atoms with Gasteiger partial charge in [-0.1, -0.05) is 6.07 Å². The van der Waals surface area contributed by atoms with Crippen molar-refractivity contribution in [3.05, 3.63) is 28.2 Å². The fourth-order valence-electron chi connectivity index (χ4n) is 1.39. The second-order valence-corrected chi connectivity index (χ2v) is 3.62. The minimum absolute atomic E-state index is 0.219. The van der Waals surface area contributed by atoms with Crippen molar-refractivity contribution in [3.63, 3.8) is 0 Å². The normalized spacial score (nSPS) is 15.2. The molecule has 0 amide bonds. The Morgan fingerprint density at radius 1 is 1.42 bits per heavy atom. The first kappa shape index (κ1) is 7.80. The molecule has 12 heavy (non-hydrogen) atoms. The summed E-state index contributed by atoms with van der Waals surface area (Å²) in [4.78, 5) is 11.4. The van der Waals surface area contributed by atoms with Crippen molar-refractivity contribution in [2.24, 2.45) is 0 Å². The first-order valence-corrected chi connectivity index (χ1v) is 4.64. The SMILES string of the molecule is O=C1CCNc2cccc(Br)c21. The average molecular weight is 226 g/mol. The molecule has 1 N–H and O–H groups in total. The number of hydrogen-bond donors (Lipinski definition) is 1. The third-order valence-corrected chi connectivity index (χ3v) is 2.62. The molecule has 2 rings (SSSR count). The van der Waals surface area contributed by atoms with E-state index < -0.39 is 0 Å². The molecule has 1 aromatic carbocycles. The summed E-state index contributed by atoms with van der Waals surface area (Å²) >= 11 is 3.36. The molecule has 0 spiro atoms. The van der Waals surface area contributed by atoms with Gasteiger partial charge in [-0.15, -0.1) is 0 Å². The third-order valence-electron chi connectivity index (χ3n) is 1.96. The Morgan fingerprint density at radius 3 is 3.00 bits per heavy atom. The van der Waals surface area contributed by atoms with Crippen LogP contribution in [-0.2, 0) is 0 Å². The molecule has 0 unspecified atom stereocenters. The number of anilines is 1. The highest BCUT2D eigenvalue weighted by Crippen LogP contribution is 2.28. The van der Waals surface area contributed by atoms with E-state index in [0.29, 0.717) is 6.42 Å². The average Bonchev–Trinajstić information content (AvgIpc) is 2.04. The Labute approximate surface area is 79.1 Å². The van der Waals surface area contributed by atoms with Gasteiger partial charge in [-0.3, -0.25) is 4.79 Å². The summed E-state index contributed by atoms with van der Waals surface area (Å²) in [6.07, 6.45) is 0.593. The summed E-state index contributed by atoms with van der Waals surface area (Å²) in [5, 5.41) is 3.18. The van der Waals surface area contributed by atoms with E-state index in [4.69, 9.17) is 0 Å². The minimum Gasteiger partial charge on any atom is -0.384 e. The lowest BCUT2D eigenvalue weighted by atomic mass is 10.0. The van der Waals surface area contributed by atoms with E-state index >= 15 is 0 Å². The number of benzene rings is 1. The molecule has 1 aliphatic heterocycles. The van der Waals surface area contributed by atoms with E-state index in [0.717, 1.165) is 22.3 Å². The summed E-state index contributed by atoms with van der Waals surface area (Å²) in [7, 11) is 0. The highest BCUT2D eigenvalue weighted by atomic mass is 79.9. The molecule has 1 aromatic rings. The van der Waals surface area contributed by atoms with Crippen LogP contribution < -0.4 is 5.32 Å². The van der Waals surface area contributed by atoms with Gasteiger partial charge in [-0.2, -0.15) is 0 Å². The van der Waals surface area contributed by atoms with Crippen molar-refractivity contribution < 1.29 is 4.79 Å². The Hall–Kier alpha value is -0.830. The molecule has 0 fully saturated rings. The molecule has 1 aliphatic rings. The van der Waals surface area contributed by atoms with E-state index in [1.165, 1.54) is 0 Å². The number of hydrogen-bond acceptors (Lipinski definition) is 2. The number of carbonyl (C=O) groups is 1. The third kappa shape index (κ3) is 1.14. The van der Waals surface area contributed by atoms with Crippen LogP contribution in [0.1, 0.15) is 16.8 Å². The van der Waals surface area contributed by atoms with E-state index in [2.05, 4.69) is 21.2 Å². The molecule has 0 saturated heterocycles. The maximum absolute atomic E-state index is 11.4. The van der Waals surface area contributed by atoms with Crippen LogP contribution in [0.4, 0.5) is 5.69 Å². The molecule has 0 atom stereocenters. The number of ketones is 1. The standard InChI is InChI=1S/C9H8BrNO/c10-6-2-1-3-7-9(6)8(12)4-5-11-7/h1-3,11H,4-5H2. The van der Waals surface area contributed by atoms with Crippen molar-refractivity contribution in [2.75, 3.05) is 11.9 Å². The predicted molar refractivity (Wildman–Crippen MR) is 51.6 cm³/mol. The molecular weight excluding hydrogens is 218 g/mol. The van der Waals surface area contributed by atoms with Gasteiger partial charge < -0.3 is 5.32 Å². The van der Waals surface area contributed by atoms with Crippen molar-refractivity contribution in [1.82, 2.24) is 0 Å². The fraction of sp³-hybridized carbons (Fsp3) is 0.222. The first-order valence-electron chi connectivity index (χ1n) is 3.84. The highest BCUT2D eigenvalue weighted by molar-refractivity contribution is 9.10. The fourth-order valence-corrected chi connectivity index (χ4v) is 1.98. The Kier molecular flexibility index (Phi) is 1.89. The van der Waals surface area contributed by atoms with Crippen LogP contribution in [0, 0.1) is 0 Å². The monoisotopic (exact) mass is 225 g/mol. The van der Waals surface area contributed by atoms with E-state index in [1.54, 1.807) is 0 Å². The molecular formula is C9H8BrNO. The van der Waals surface area contributed by atoms with Gasteiger partial charge in [0, 0.05) is 23.1 Å². The summed E-state index contributed by atoms with van der Waals surface area (Å²) in [5.41, 5.74) is 1.74. The number of carbonyl (C=O) groups excluding carboxylic acids is 1. The van der Waals surface area contributed by atoms with Gasteiger partial charge in [0.1, 0.15) is 0 Å². The highest BCUT2D eigenvalue weighted by Gasteiger charge is 2.18. The molecule has 0 bridgehead atoms. The van der Waals surface area contributed by atoms with Crippen LogP contribution in [0.5, 0.6) is 0 Å². The van der Waals surface area contributed by atoms with Gasteiger partial charge in [-0.25, -0.2) is 0 Å². The maximum Gasteiger partial charge on any atom is 0.167 e. The van der Waals surface area contributed by atoms with Gasteiger partial charge in [0.25, 0.3) is 0 Å². The van der Waals surface area contributed by atoms with E-state index in [9.17, 15) is 4.79 Å². The molecule has 0 saturated carbocycles. The summed E-state index contributed by atoms with van der Waals surface area (Å²) in [6, 6.07) is 5.75.